The molecule has 0 aliphatic rings. The van der Waals surface area contributed by atoms with Crippen molar-refractivity contribution in [2.75, 3.05) is 11.1 Å². The molecular formula is C18H15BrN6. The van der Waals surface area contributed by atoms with Crippen LogP contribution in [0.25, 0.3) is 16.9 Å². The molecule has 0 atom stereocenters. The molecule has 0 unspecified atom stereocenters. The molecule has 7 heteroatoms. The molecule has 0 radical (unpaired) electrons. The fourth-order valence-electron chi connectivity index (χ4n) is 2.72. The van der Waals surface area contributed by atoms with Crippen LogP contribution in [-0.4, -0.2) is 19.5 Å². The molecular weight excluding hydrogens is 380 g/mol. The van der Waals surface area contributed by atoms with Crippen molar-refractivity contribution < 1.29 is 0 Å². The third-order valence-corrected chi connectivity index (χ3v) is 4.32. The smallest absolute Gasteiger partial charge is 0.231 e. The molecule has 0 bridgehead atoms. The van der Waals surface area contributed by atoms with Crippen molar-refractivity contribution in [1.82, 2.24) is 19.5 Å². The quantitative estimate of drug-likeness (QED) is 0.543. The van der Waals surface area contributed by atoms with Crippen LogP contribution in [0.15, 0.2) is 59.1 Å². The van der Waals surface area contributed by atoms with Gasteiger partial charge >= 0.3 is 0 Å². The minimum Gasteiger partial charge on any atom is -0.383 e. The lowest BCUT2D eigenvalue weighted by atomic mass is 10.3. The van der Waals surface area contributed by atoms with Gasteiger partial charge in [0.1, 0.15) is 17.5 Å². The molecule has 0 fully saturated rings. The monoisotopic (exact) mass is 394 g/mol. The highest BCUT2D eigenvalue weighted by Crippen LogP contribution is 2.23. The fraction of sp³-hybridized carbons (Fsp3) is 0.0556. The molecule has 2 heterocycles. The number of para-hydroxylation sites is 2. The number of hydrogen-bond donors (Lipinski definition) is 2. The molecule has 25 heavy (non-hydrogen) atoms. The molecule has 0 amide bonds. The van der Waals surface area contributed by atoms with E-state index in [1.165, 1.54) is 0 Å². The van der Waals surface area contributed by atoms with Crippen LogP contribution in [0.4, 0.5) is 17.5 Å². The second kappa shape index (κ2) is 6.18. The van der Waals surface area contributed by atoms with Gasteiger partial charge < -0.3 is 11.1 Å². The highest BCUT2D eigenvalue weighted by molar-refractivity contribution is 9.10. The summed E-state index contributed by atoms with van der Waals surface area (Å²) >= 11 is 3.42. The summed E-state index contributed by atoms with van der Waals surface area (Å²) in [5, 5.41) is 3.19. The van der Waals surface area contributed by atoms with Crippen LogP contribution in [0.2, 0.25) is 0 Å². The standard InChI is InChI=1S/C18H15BrN6/c1-11-21-14-4-2-3-5-15(14)25(11)17-10-16(20)23-18(24-17)22-13-8-6-12(19)7-9-13/h2-10H,1H3,(H3,20,22,23,24). The van der Waals surface area contributed by atoms with E-state index in [0.29, 0.717) is 17.6 Å². The van der Waals surface area contributed by atoms with E-state index < -0.39 is 0 Å². The fourth-order valence-corrected chi connectivity index (χ4v) is 2.99. The average Bonchev–Trinajstić information content (AvgIpc) is 2.92. The highest BCUT2D eigenvalue weighted by atomic mass is 79.9. The van der Waals surface area contributed by atoms with E-state index in [4.69, 9.17) is 5.73 Å². The summed E-state index contributed by atoms with van der Waals surface area (Å²) in [7, 11) is 0. The van der Waals surface area contributed by atoms with Crippen LogP contribution in [0.5, 0.6) is 0 Å². The van der Waals surface area contributed by atoms with Crippen molar-refractivity contribution in [3.05, 3.63) is 64.9 Å². The molecule has 0 saturated heterocycles. The van der Waals surface area contributed by atoms with Crippen LogP contribution >= 0.6 is 15.9 Å². The number of benzene rings is 2. The lowest BCUT2D eigenvalue weighted by molar-refractivity contribution is 0.947. The molecule has 4 aromatic rings. The van der Waals surface area contributed by atoms with Crippen LogP contribution in [0.1, 0.15) is 5.82 Å². The maximum atomic E-state index is 6.01. The maximum absolute atomic E-state index is 6.01. The second-order valence-corrected chi connectivity index (χ2v) is 6.51. The van der Waals surface area contributed by atoms with Crippen molar-refractivity contribution in [3.8, 4) is 5.82 Å². The van der Waals surface area contributed by atoms with Gasteiger partial charge in [0, 0.05) is 16.2 Å². The number of rotatable bonds is 3. The van der Waals surface area contributed by atoms with E-state index in [9.17, 15) is 0 Å². The van der Waals surface area contributed by atoms with E-state index in [2.05, 4.69) is 36.2 Å². The first-order chi connectivity index (χ1) is 12.1. The largest absolute Gasteiger partial charge is 0.383 e. The third-order valence-electron chi connectivity index (χ3n) is 3.79. The van der Waals surface area contributed by atoms with Crippen LogP contribution < -0.4 is 11.1 Å². The Hall–Kier alpha value is -2.93. The number of nitrogens with two attached hydrogens (primary N) is 1. The van der Waals surface area contributed by atoms with Crippen molar-refractivity contribution in [2.45, 2.75) is 6.92 Å². The van der Waals surface area contributed by atoms with Crippen LogP contribution in [0, 0.1) is 6.92 Å². The van der Waals surface area contributed by atoms with Crippen molar-refractivity contribution in [2.24, 2.45) is 0 Å². The van der Waals surface area contributed by atoms with E-state index >= 15 is 0 Å². The molecule has 0 saturated carbocycles. The number of nitrogen functional groups attached to an aromatic ring is 1. The number of nitrogens with one attached hydrogen (secondary N) is 1. The summed E-state index contributed by atoms with van der Waals surface area (Å²) < 4.78 is 2.98. The Bertz CT molecular complexity index is 1060. The highest BCUT2D eigenvalue weighted by Gasteiger charge is 2.12. The number of imidazole rings is 1. The summed E-state index contributed by atoms with van der Waals surface area (Å²) in [5.41, 5.74) is 8.78. The number of hydrogen-bond acceptors (Lipinski definition) is 5. The lowest BCUT2D eigenvalue weighted by Gasteiger charge is -2.10. The summed E-state index contributed by atoms with van der Waals surface area (Å²) in [6.07, 6.45) is 0. The van der Waals surface area contributed by atoms with Crippen LogP contribution in [-0.2, 0) is 0 Å². The molecule has 0 aliphatic heterocycles. The predicted octanol–water partition coefficient (Wildman–Crippen LogP) is 4.21. The molecule has 6 nitrogen and oxygen atoms in total. The van der Waals surface area contributed by atoms with Gasteiger partial charge in [-0.1, -0.05) is 28.1 Å². The lowest BCUT2D eigenvalue weighted by Crippen LogP contribution is -2.06. The van der Waals surface area contributed by atoms with E-state index in [-0.39, 0.29) is 0 Å². The third kappa shape index (κ3) is 3.06. The number of nitrogens with zero attached hydrogens (tertiary/aromatic N) is 4. The topological polar surface area (TPSA) is 81.7 Å². The van der Waals surface area contributed by atoms with Gasteiger partial charge in [0.2, 0.25) is 5.95 Å². The first-order valence-electron chi connectivity index (χ1n) is 7.72. The molecule has 0 aliphatic carbocycles. The summed E-state index contributed by atoms with van der Waals surface area (Å²) in [5.74, 6) is 2.35. The SMILES string of the molecule is Cc1nc2ccccc2n1-c1cc(N)nc(Nc2ccc(Br)cc2)n1. The Morgan fingerprint density at radius 3 is 2.56 bits per heavy atom. The summed E-state index contributed by atoms with van der Waals surface area (Å²) in [4.78, 5) is 13.5. The zero-order valence-electron chi connectivity index (χ0n) is 13.4. The van der Waals surface area contributed by atoms with Crippen molar-refractivity contribution in [3.63, 3.8) is 0 Å². The normalized spacial score (nSPS) is 11.0. The minimum absolute atomic E-state index is 0.391. The number of aryl methyl sites for hydroxylation is 1. The number of aromatic nitrogens is 4. The maximum Gasteiger partial charge on any atom is 0.231 e. The van der Waals surface area contributed by atoms with Gasteiger partial charge in [-0.05, 0) is 43.3 Å². The number of halogens is 1. The van der Waals surface area contributed by atoms with Gasteiger partial charge in [-0.25, -0.2) is 4.98 Å². The number of fused-ring (bicyclic) bond motifs is 1. The Morgan fingerprint density at radius 1 is 1.00 bits per heavy atom. The zero-order chi connectivity index (χ0) is 17.4. The van der Waals surface area contributed by atoms with Gasteiger partial charge in [0.15, 0.2) is 0 Å². The second-order valence-electron chi connectivity index (χ2n) is 5.59. The van der Waals surface area contributed by atoms with Gasteiger partial charge in [-0.2, -0.15) is 9.97 Å². The summed E-state index contributed by atoms with van der Waals surface area (Å²) in [6, 6.07) is 17.4. The van der Waals surface area contributed by atoms with Crippen molar-refractivity contribution >= 4 is 44.4 Å². The first-order valence-corrected chi connectivity index (χ1v) is 8.51. The van der Waals surface area contributed by atoms with E-state index in [1.54, 1.807) is 6.07 Å². The number of anilines is 3. The average molecular weight is 395 g/mol. The molecule has 2 aromatic heterocycles. The van der Waals surface area contributed by atoms with Crippen LogP contribution in [0.3, 0.4) is 0 Å². The Labute approximate surface area is 152 Å². The minimum atomic E-state index is 0.391. The van der Waals surface area contributed by atoms with E-state index in [1.807, 2.05) is 60.0 Å². The Kier molecular flexibility index (Phi) is 3.85. The molecule has 4 rings (SSSR count). The first kappa shape index (κ1) is 15.6. The van der Waals surface area contributed by atoms with Gasteiger partial charge in [0.25, 0.3) is 0 Å². The Morgan fingerprint density at radius 2 is 1.76 bits per heavy atom. The van der Waals surface area contributed by atoms with E-state index in [0.717, 1.165) is 27.0 Å². The molecule has 124 valence electrons. The van der Waals surface area contributed by atoms with Gasteiger partial charge in [-0.3, -0.25) is 4.57 Å². The van der Waals surface area contributed by atoms with Crippen molar-refractivity contribution in [1.29, 1.82) is 0 Å². The van der Waals surface area contributed by atoms with Gasteiger partial charge in [-0.15, -0.1) is 0 Å². The predicted molar refractivity (Wildman–Crippen MR) is 103 cm³/mol. The molecule has 2 aromatic carbocycles. The molecule has 0 spiro atoms. The summed E-state index contributed by atoms with van der Waals surface area (Å²) in [6.45, 7) is 1.94. The zero-order valence-corrected chi connectivity index (χ0v) is 15.0. The molecule has 3 N–H and O–H groups in total. The van der Waals surface area contributed by atoms with Gasteiger partial charge in [0.05, 0.1) is 11.0 Å². The Balaban J connectivity index is 1.79.